The van der Waals surface area contributed by atoms with Crippen LogP contribution in [0.25, 0.3) is 0 Å². The van der Waals surface area contributed by atoms with Crippen molar-refractivity contribution in [3.05, 3.63) is 105 Å². The predicted octanol–water partition coefficient (Wildman–Crippen LogP) is 4.68. The maximum Gasteiger partial charge on any atom is 0.167 e. The van der Waals surface area contributed by atoms with E-state index in [2.05, 4.69) is 22.6 Å². The van der Waals surface area contributed by atoms with Crippen LogP contribution in [-0.2, 0) is 38.8 Å². The van der Waals surface area contributed by atoms with E-state index in [1.807, 2.05) is 84.9 Å². The lowest BCUT2D eigenvalue weighted by atomic mass is 9.88. The second-order valence-corrected chi connectivity index (χ2v) is 9.25. The van der Waals surface area contributed by atoms with Crippen LogP contribution in [0.2, 0.25) is 0 Å². The Hall–Kier alpha value is -2.10. The lowest BCUT2D eigenvalue weighted by Crippen LogP contribution is -2.57. The number of aliphatic hydroxyl groups excluding tert-OH is 1. The highest BCUT2D eigenvalue weighted by Crippen LogP contribution is 2.28. The van der Waals surface area contributed by atoms with E-state index in [1.54, 1.807) is 0 Å². The lowest BCUT2D eigenvalue weighted by Gasteiger charge is -2.39. The molecule has 172 valence electrons. The smallest absolute Gasteiger partial charge is 0.167 e. The zero-order valence-electron chi connectivity index (χ0n) is 18.2. The van der Waals surface area contributed by atoms with Gasteiger partial charge in [-0.05, 0) is 45.3 Å². The molecule has 1 saturated carbocycles. The standard InChI is InChI=1S/C27H27IO5/c28-22-14-8-7-13-21(22)18-33-26-24(30)15-23(29)25(31-16-19-9-3-1-4-10-19)27(26)32-17-20-11-5-2-6-12-20/h1-14,23,25-27,29H,15-18H2/t23-,25-,26+,27+/m0/s1. The number of carbonyl (C=O) groups is 1. The average molecular weight is 558 g/mol. The molecule has 0 bridgehead atoms. The van der Waals surface area contributed by atoms with E-state index in [-0.39, 0.29) is 18.8 Å². The molecular formula is C27H27IO5. The maximum atomic E-state index is 12.9. The number of halogens is 1. The summed E-state index contributed by atoms with van der Waals surface area (Å²) in [7, 11) is 0. The fourth-order valence-corrected chi connectivity index (χ4v) is 4.46. The first-order valence-electron chi connectivity index (χ1n) is 11.0. The molecule has 0 spiro atoms. The maximum absolute atomic E-state index is 12.9. The van der Waals surface area contributed by atoms with Crippen LogP contribution in [0.3, 0.4) is 0 Å². The molecular weight excluding hydrogens is 531 g/mol. The summed E-state index contributed by atoms with van der Waals surface area (Å²) in [5.74, 6) is -0.175. The summed E-state index contributed by atoms with van der Waals surface area (Å²) in [4.78, 5) is 12.9. The van der Waals surface area contributed by atoms with E-state index < -0.39 is 24.4 Å². The Morgan fingerprint density at radius 3 is 1.88 bits per heavy atom. The third kappa shape index (κ3) is 6.49. The zero-order chi connectivity index (χ0) is 23.0. The van der Waals surface area contributed by atoms with Crippen molar-refractivity contribution in [2.75, 3.05) is 0 Å². The van der Waals surface area contributed by atoms with E-state index in [9.17, 15) is 9.90 Å². The van der Waals surface area contributed by atoms with Gasteiger partial charge in [-0.3, -0.25) is 4.79 Å². The van der Waals surface area contributed by atoms with E-state index in [0.717, 1.165) is 20.3 Å². The summed E-state index contributed by atoms with van der Waals surface area (Å²) in [6.07, 6.45) is -3.23. The van der Waals surface area contributed by atoms with Gasteiger partial charge in [0, 0.05) is 9.99 Å². The molecule has 5 nitrogen and oxygen atoms in total. The Kier molecular flexibility index (Phi) is 8.63. The van der Waals surface area contributed by atoms with Gasteiger partial charge in [0.25, 0.3) is 0 Å². The molecule has 0 aliphatic heterocycles. The third-order valence-electron chi connectivity index (χ3n) is 5.68. The van der Waals surface area contributed by atoms with Gasteiger partial charge in [-0.15, -0.1) is 0 Å². The second kappa shape index (κ2) is 11.9. The average Bonchev–Trinajstić information content (AvgIpc) is 2.84. The van der Waals surface area contributed by atoms with Crippen molar-refractivity contribution in [2.45, 2.75) is 50.7 Å². The molecule has 1 aliphatic rings. The molecule has 6 heteroatoms. The first-order valence-corrected chi connectivity index (χ1v) is 12.1. The van der Waals surface area contributed by atoms with Crippen LogP contribution in [0.1, 0.15) is 23.1 Å². The predicted molar refractivity (Wildman–Crippen MR) is 133 cm³/mol. The number of hydrogen-bond acceptors (Lipinski definition) is 5. The number of ketones is 1. The minimum absolute atomic E-state index is 0.0266. The highest BCUT2D eigenvalue weighted by atomic mass is 127. The Balaban J connectivity index is 1.52. The molecule has 0 amide bonds. The largest absolute Gasteiger partial charge is 0.390 e. The van der Waals surface area contributed by atoms with Crippen molar-refractivity contribution in [1.29, 1.82) is 0 Å². The van der Waals surface area contributed by atoms with E-state index in [4.69, 9.17) is 14.2 Å². The van der Waals surface area contributed by atoms with Crippen LogP contribution in [-0.4, -0.2) is 35.3 Å². The zero-order valence-corrected chi connectivity index (χ0v) is 20.3. The van der Waals surface area contributed by atoms with Gasteiger partial charge in [0.05, 0.1) is 25.9 Å². The molecule has 3 aromatic carbocycles. The number of aliphatic hydroxyl groups is 1. The van der Waals surface area contributed by atoms with Gasteiger partial charge < -0.3 is 19.3 Å². The van der Waals surface area contributed by atoms with Crippen LogP contribution in [0.5, 0.6) is 0 Å². The van der Waals surface area contributed by atoms with Crippen molar-refractivity contribution in [3.63, 3.8) is 0 Å². The Morgan fingerprint density at radius 1 is 0.727 bits per heavy atom. The minimum atomic E-state index is -0.960. The lowest BCUT2D eigenvalue weighted by molar-refractivity contribution is -0.201. The number of ether oxygens (including phenoxy) is 3. The number of Topliss-reactive ketones (excluding diaryl/α,β-unsaturated/α-hetero) is 1. The minimum Gasteiger partial charge on any atom is -0.390 e. The Bertz CT molecular complexity index is 1030. The van der Waals surface area contributed by atoms with Crippen LogP contribution in [0, 0.1) is 3.57 Å². The molecule has 1 fully saturated rings. The van der Waals surface area contributed by atoms with E-state index >= 15 is 0 Å². The van der Waals surface area contributed by atoms with E-state index in [1.165, 1.54) is 0 Å². The summed E-state index contributed by atoms with van der Waals surface area (Å²) >= 11 is 2.26. The van der Waals surface area contributed by atoms with Crippen molar-refractivity contribution in [3.8, 4) is 0 Å². The number of benzene rings is 3. The number of carbonyl (C=O) groups excluding carboxylic acids is 1. The van der Waals surface area contributed by atoms with Crippen LogP contribution in [0.15, 0.2) is 84.9 Å². The number of hydrogen-bond donors (Lipinski definition) is 1. The third-order valence-corrected chi connectivity index (χ3v) is 6.73. The Morgan fingerprint density at radius 2 is 1.27 bits per heavy atom. The second-order valence-electron chi connectivity index (χ2n) is 8.08. The van der Waals surface area contributed by atoms with Gasteiger partial charge in [-0.25, -0.2) is 0 Å². The van der Waals surface area contributed by atoms with E-state index in [0.29, 0.717) is 13.2 Å². The molecule has 0 heterocycles. The van der Waals surface area contributed by atoms with Crippen molar-refractivity contribution >= 4 is 28.4 Å². The molecule has 0 aromatic heterocycles. The van der Waals surface area contributed by atoms with Gasteiger partial charge in [0.2, 0.25) is 0 Å². The van der Waals surface area contributed by atoms with Crippen molar-refractivity contribution in [2.24, 2.45) is 0 Å². The van der Waals surface area contributed by atoms with Crippen LogP contribution < -0.4 is 0 Å². The highest BCUT2D eigenvalue weighted by molar-refractivity contribution is 14.1. The van der Waals surface area contributed by atoms with Crippen molar-refractivity contribution in [1.82, 2.24) is 0 Å². The van der Waals surface area contributed by atoms with Crippen LogP contribution >= 0.6 is 22.6 Å². The first kappa shape index (κ1) is 24.0. The van der Waals surface area contributed by atoms with Gasteiger partial charge in [0.1, 0.15) is 18.3 Å². The molecule has 4 rings (SSSR count). The SMILES string of the molecule is O=C1C[C@H](O)[C@H](OCc2ccccc2)[C@@H](OCc2ccccc2)[C@@H]1OCc1ccccc1I. The first-order chi connectivity index (χ1) is 16.1. The monoisotopic (exact) mass is 558 g/mol. The quantitative estimate of drug-likeness (QED) is 0.387. The fourth-order valence-electron chi connectivity index (χ4n) is 3.92. The molecule has 0 saturated heterocycles. The fraction of sp³-hybridized carbons (Fsp3) is 0.296. The van der Waals surface area contributed by atoms with Crippen LogP contribution in [0.4, 0.5) is 0 Å². The normalized spacial score (nSPS) is 22.9. The molecule has 3 aromatic rings. The Labute approximate surface area is 207 Å². The van der Waals surface area contributed by atoms with Gasteiger partial charge in [-0.2, -0.15) is 0 Å². The molecule has 0 unspecified atom stereocenters. The van der Waals surface area contributed by atoms with Gasteiger partial charge >= 0.3 is 0 Å². The summed E-state index contributed by atoms with van der Waals surface area (Å²) in [6, 6.07) is 27.4. The summed E-state index contributed by atoms with van der Waals surface area (Å²) < 4.78 is 19.5. The molecule has 1 aliphatic carbocycles. The van der Waals surface area contributed by atoms with Crippen molar-refractivity contribution < 1.29 is 24.1 Å². The molecule has 0 radical (unpaired) electrons. The topological polar surface area (TPSA) is 65.0 Å². The van der Waals surface area contributed by atoms with Gasteiger partial charge in [0.15, 0.2) is 5.78 Å². The number of rotatable bonds is 9. The summed E-state index contributed by atoms with van der Waals surface area (Å²) in [6.45, 7) is 0.882. The molecule has 1 N–H and O–H groups in total. The van der Waals surface area contributed by atoms with Gasteiger partial charge in [-0.1, -0.05) is 78.9 Å². The highest BCUT2D eigenvalue weighted by Gasteiger charge is 2.46. The summed E-state index contributed by atoms with van der Waals surface area (Å²) in [5.41, 5.74) is 2.96. The molecule has 33 heavy (non-hydrogen) atoms. The molecule has 4 atom stereocenters. The summed E-state index contributed by atoms with van der Waals surface area (Å²) in [5, 5.41) is 10.7.